The maximum absolute atomic E-state index is 12.1. The van der Waals surface area contributed by atoms with Gasteiger partial charge < -0.3 is 0 Å². The maximum atomic E-state index is 12.1. The molecule has 1 aromatic rings. The number of benzene rings is 1. The minimum absolute atomic E-state index is 0.117. The Bertz CT molecular complexity index is 498. The molecule has 18 heavy (non-hydrogen) atoms. The number of hydrogen-bond acceptors (Lipinski definition) is 3. The zero-order chi connectivity index (χ0) is 13.2. The third kappa shape index (κ3) is 3.54. The van der Waals surface area contributed by atoms with E-state index in [1.807, 2.05) is 43.0 Å². The zero-order valence-corrected chi connectivity index (χ0v) is 14.2. The van der Waals surface area contributed by atoms with E-state index in [1.165, 1.54) is 0 Å². The van der Waals surface area contributed by atoms with Crippen molar-refractivity contribution in [3.05, 3.63) is 45.7 Å². The van der Waals surface area contributed by atoms with Crippen LogP contribution in [0.2, 0.25) is 0 Å². The third-order valence-electron chi connectivity index (χ3n) is 2.70. The van der Waals surface area contributed by atoms with Gasteiger partial charge in [0.25, 0.3) is 0 Å². The second-order valence-electron chi connectivity index (χ2n) is 4.67. The summed E-state index contributed by atoms with van der Waals surface area (Å²) in [6.45, 7) is 4.27. The molecule has 96 valence electrons. The molecular weight excluding hydrogens is 375 g/mol. The Kier molecular flexibility index (Phi) is 4.83. The van der Waals surface area contributed by atoms with Crippen LogP contribution in [0.15, 0.2) is 34.6 Å². The van der Waals surface area contributed by atoms with E-state index < -0.39 is 0 Å². The van der Waals surface area contributed by atoms with Crippen molar-refractivity contribution >= 4 is 51.9 Å². The predicted octanol–water partition coefficient (Wildman–Crippen LogP) is 4.69. The number of carbonyl (C=O) groups is 1. The molecule has 2 rings (SSSR count). The van der Waals surface area contributed by atoms with Crippen LogP contribution in [0.4, 0.5) is 0 Å². The van der Waals surface area contributed by atoms with Crippen molar-refractivity contribution in [3.63, 3.8) is 0 Å². The number of thioether (sulfide) groups is 2. The second kappa shape index (κ2) is 6.01. The summed E-state index contributed by atoms with van der Waals surface area (Å²) in [5, 5.41) is 0. The molecule has 0 N–H and O–H groups in total. The van der Waals surface area contributed by atoms with Gasteiger partial charge in [-0.25, -0.2) is 0 Å². The number of alkyl halides is 1. The fourth-order valence-electron chi connectivity index (χ4n) is 1.65. The van der Waals surface area contributed by atoms with Gasteiger partial charge in [0, 0.05) is 30.8 Å². The average molecular weight is 390 g/mol. The van der Waals surface area contributed by atoms with Crippen LogP contribution < -0.4 is 0 Å². The van der Waals surface area contributed by atoms with Crippen LogP contribution in [0.3, 0.4) is 0 Å². The first-order valence-electron chi connectivity index (χ1n) is 5.73. The lowest BCUT2D eigenvalue weighted by Crippen LogP contribution is -2.20. The first-order valence-corrected chi connectivity index (χ1v) is 9.06. The van der Waals surface area contributed by atoms with Gasteiger partial charge in [0.15, 0.2) is 5.78 Å². The number of allylic oxidation sites excluding steroid dienone is 1. The van der Waals surface area contributed by atoms with Gasteiger partial charge in [-0.05, 0) is 19.9 Å². The molecule has 0 bridgehead atoms. The largest absolute Gasteiger partial charge is 0.289 e. The Morgan fingerprint density at radius 1 is 1.56 bits per heavy atom. The molecule has 1 nitrogen and oxygen atoms in total. The van der Waals surface area contributed by atoms with Gasteiger partial charge >= 0.3 is 0 Å². The van der Waals surface area contributed by atoms with Crippen LogP contribution in [-0.4, -0.2) is 20.7 Å². The molecule has 1 aromatic carbocycles. The molecule has 1 saturated heterocycles. The number of carbonyl (C=O) groups excluding carboxylic acids is 1. The first-order chi connectivity index (χ1) is 8.52. The summed E-state index contributed by atoms with van der Waals surface area (Å²) in [5.74, 6) is 1.21. The van der Waals surface area contributed by atoms with E-state index in [2.05, 4.69) is 29.5 Å². The van der Waals surface area contributed by atoms with Crippen molar-refractivity contribution in [2.24, 2.45) is 0 Å². The van der Waals surface area contributed by atoms with Crippen molar-refractivity contribution < 1.29 is 4.79 Å². The molecule has 0 amide bonds. The highest BCUT2D eigenvalue weighted by Crippen LogP contribution is 2.49. The molecule has 1 aliphatic rings. The summed E-state index contributed by atoms with van der Waals surface area (Å²) >= 11 is 6.05. The molecule has 0 aliphatic carbocycles. The van der Waals surface area contributed by atoms with Crippen LogP contribution in [0.1, 0.15) is 22.8 Å². The highest BCUT2D eigenvalue weighted by Gasteiger charge is 2.32. The molecule has 4 heteroatoms. The van der Waals surface area contributed by atoms with Gasteiger partial charge in [-0.2, -0.15) is 0 Å². The number of ketones is 1. The molecule has 1 heterocycles. The Morgan fingerprint density at radius 3 is 2.94 bits per heavy atom. The van der Waals surface area contributed by atoms with E-state index in [1.54, 1.807) is 17.8 Å². The highest BCUT2D eigenvalue weighted by atomic mass is 127. The minimum Gasteiger partial charge on any atom is -0.289 e. The monoisotopic (exact) mass is 390 g/mol. The van der Waals surface area contributed by atoms with Crippen LogP contribution >= 0.6 is 46.1 Å². The van der Waals surface area contributed by atoms with E-state index in [-0.39, 0.29) is 10.5 Å². The van der Waals surface area contributed by atoms with Crippen LogP contribution in [-0.2, 0) is 0 Å². The van der Waals surface area contributed by atoms with Gasteiger partial charge in [0.2, 0.25) is 0 Å². The summed E-state index contributed by atoms with van der Waals surface area (Å²) < 4.78 is 2.54. The molecule has 0 spiro atoms. The van der Waals surface area contributed by atoms with Crippen molar-refractivity contribution in [2.75, 3.05) is 10.2 Å². The normalized spacial score (nSPS) is 25.6. The average Bonchev–Trinajstić information content (AvgIpc) is 2.72. The van der Waals surface area contributed by atoms with E-state index in [4.69, 9.17) is 0 Å². The lowest BCUT2D eigenvalue weighted by Gasteiger charge is -2.16. The number of hydrogen-bond donors (Lipinski definition) is 0. The molecule has 1 aliphatic heterocycles. The fourth-order valence-corrected chi connectivity index (χ4v) is 5.63. The fraction of sp³-hybridized carbons (Fsp3) is 0.357. The smallest absolute Gasteiger partial charge is 0.187 e. The SMILES string of the molecule is Cc1cccc(C(=O)/C=C2/SC[C@@](C)(CI)S2)c1. The lowest BCUT2D eigenvalue weighted by atomic mass is 10.1. The number of rotatable bonds is 3. The van der Waals surface area contributed by atoms with Crippen LogP contribution in [0.25, 0.3) is 0 Å². The Balaban J connectivity index is 2.13. The van der Waals surface area contributed by atoms with Gasteiger partial charge in [0.05, 0.1) is 0 Å². The van der Waals surface area contributed by atoms with Crippen molar-refractivity contribution in [1.29, 1.82) is 0 Å². The minimum atomic E-state index is 0.117. The van der Waals surface area contributed by atoms with E-state index in [0.29, 0.717) is 0 Å². The number of aryl methyl sites for hydroxylation is 1. The summed E-state index contributed by atoms with van der Waals surface area (Å²) in [6, 6.07) is 7.77. The lowest BCUT2D eigenvalue weighted by molar-refractivity contribution is 0.104. The van der Waals surface area contributed by atoms with Crippen LogP contribution in [0, 0.1) is 6.92 Å². The molecule has 0 unspecified atom stereocenters. The van der Waals surface area contributed by atoms with Gasteiger partial charge in [-0.3, -0.25) is 4.79 Å². The summed E-state index contributed by atoms with van der Waals surface area (Å²) in [6.07, 6.45) is 1.79. The van der Waals surface area contributed by atoms with Gasteiger partial charge in [-0.15, -0.1) is 23.5 Å². The molecule has 0 aromatic heterocycles. The molecular formula is C14H15IOS2. The maximum Gasteiger partial charge on any atom is 0.187 e. The van der Waals surface area contributed by atoms with Crippen LogP contribution in [0.5, 0.6) is 0 Å². The molecule has 1 fully saturated rings. The Labute approximate surface area is 130 Å². The zero-order valence-electron chi connectivity index (χ0n) is 10.4. The third-order valence-corrected chi connectivity index (χ3v) is 7.97. The van der Waals surface area contributed by atoms with Gasteiger partial charge in [-0.1, -0.05) is 46.4 Å². The molecule has 1 atom stereocenters. The predicted molar refractivity (Wildman–Crippen MR) is 90.9 cm³/mol. The summed E-state index contributed by atoms with van der Waals surface area (Å²) in [7, 11) is 0. The molecule has 0 radical (unpaired) electrons. The van der Waals surface area contributed by atoms with Crippen molar-refractivity contribution in [1.82, 2.24) is 0 Å². The van der Waals surface area contributed by atoms with E-state index in [9.17, 15) is 4.79 Å². The quantitative estimate of drug-likeness (QED) is 0.323. The van der Waals surface area contributed by atoms with E-state index >= 15 is 0 Å². The number of halogens is 1. The topological polar surface area (TPSA) is 17.1 Å². The summed E-state index contributed by atoms with van der Waals surface area (Å²) in [5.41, 5.74) is 1.91. The van der Waals surface area contributed by atoms with Gasteiger partial charge in [0.1, 0.15) is 0 Å². The Morgan fingerprint density at radius 2 is 2.33 bits per heavy atom. The second-order valence-corrected chi connectivity index (χ2v) is 8.34. The van der Waals surface area contributed by atoms with Crippen molar-refractivity contribution in [2.45, 2.75) is 18.6 Å². The first kappa shape index (κ1) is 14.5. The highest BCUT2D eigenvalue weighted by molar-refractivity contribution is 14.1. The van der Waals surface area contributed by atoms with E-state index in [0.717, 1.165) is 25.5 Å². The van der Waals surface area contributed by atoms with Crippen molar-refractivity contribution in [3.8, 4) is 0 Å². The Hall–Kier alpha value is 0.0600. The molecule has 0 saturated carbocycles. The standard InChI is InChI=1S/C14H15IOS2/c1-10-4-3-5-11(6-10)12(16)7-13-17-9-14(2,8-15)18-13/h3-7H,8-9H2,1-2H3/b13-7-/t14-/m1/s1. The summed E-state index contributed by atoms with van der Waals surface area (Å²) in [4.78, 5) is 12.1.